The van der Waals surface area contributed by atoms with Crippen molar-refractivity contribution >= 4 is 10.8 Å². The molecular weight excluding hydrogens is 238 g/mol. The summed E-state index contributed by atoms with van der Waals surface area (Å²) in [6.07, 6.45) is 3.98. The van der Waals surface area contributed by atoms with Gasteiger partial charge >= 0.3 is 0 Å². The fourth-order valence-electron chi connectivity index (χ4n) is 2.38. The third kappa shape index (κ3) is 2.51. The lowest BCUT2D eigenvalue weighted by Gasteiger charge is -2.23. The molecule has 0 amide bonds. The Morgan fingerprint density at radius 1 is 1.26 bits per heavy atom. The van der Waals surface area contributed by atoms with Gasteiger partial charge in [0.2, 0.25) is 5.88 Å². The molecule has 0 spiro atoms. The van der Waals surface area contributed by atoms with Crippen molar-refractivity contribution in [2.75, 3.05) is 13.1 Å². The van der Waals surface area contributed by atoms with Crippen LogP contribution in [0, 0.1) is 11.3 Å². The van der Waals surface area contributed by atoms with E-state index in [0.717, 1.165) is 36.7 Å². The Bertz CT molecular complexity index is 627. The largest absolute Gasteiger partial charge is 0.474 e. The molecule has 1 aliphatic heterocycles. The van der Waals surface area contributed by atoms with Crippen LogP contribution in [0.15, 0.2) is 30.5 Å². The van der Waals surface area contributed by atoms with Crippen LogP contribution in [0.25, 0.3) is 10.8 Å². The normalized spacial score (nSPS) is 16.2. The maximum absolute atomic E-state index is 8.92. The molecule has 0 unspecified atom stereocenters. The molecule has 1 N–H and O–H groups in total. The molecule has 3 rings (SSSR count). The molecule has 4 nitrogen and oxygen atoms in total. The molecule has 96 valence electrons. The predicted molar refractivity (Wildman–Crippen MR) is 73.0 cm³/mol. The molecule has 2 aromatic rings. The summed E-state index contributed by atoms with van der Waals surface area (Å²) in [5.41, 5.74) is 0.659. The first-order chi connectivity index (χ1) is 9.36. The van der Waals surface area contributed by atoms with Gasteiger partial charge in [-0.1, -0.05) is 0 Å². The number of hydrogen-bond acceptors (Lipinski definition) is 4. The topological polar surface area (TPSA) is 57.9 Å². The van der Waals surface area contributed by atoms with E-state index >= 15 is 0 Å². The number of hydrogen-bond donors (Lipinski definition) is 1. The Hall–Kier alpha value is -2.12. The van der Waals surface area contributed by atoms with Crippen molar-refractivity contribution in [3.05, 3.63) is 36.0 Å². The van der Waals surface area contributed by atoms with Crippen LogP contribution in [-0.4, -0.2) is 24.2 Å². The summed E-state index contributed by atoms with van der Waals surface area (Å²) in [4.78, 5) is 4.33. The molecule has 1 fully saturated rings. The molecule has 4 heteroatoms. The zero-order valence-corrected chi connectivity index (χ0v) is 10.6. The average molecular weight is 253 g/mol. The number of nitriles is 1. The number of fused-ring (bicyclic) bond motifs is 1. The zero-order valence-electron chi connectivity index (χ0n) is 10.6. The van der Waals surface area contributed by atoms with E-state index in [-0.39, 0.29) is 6.10 Å². The first-order valence-corrected chi connectivity index (χ1v) is 6.53. The minimum atomic E-state index is 0.231. The lowest BCUT2D eigenvalue weighted by atomic mass is 10.1. The second kappa shape index (κ2) is 5.25. The maximum atomic E-state index is 8.92. The third-order valence-electron chi connectivity index (χ3n) is 3.42. The predicted octanol–water partition coefficient (Wildman–Crippen LogP) is 2.24. The zero-order chi connectivity index (χ0) is 13.1. The monoisotopic (exact) mass is 253 g/mol. The van der Waals surface area contributed by atoms with E-state index < -0.39 is 0 Å². The Morgan fingerprint density at radius 3 is 2.89 bits per heavy atom. The molecule has 1 saturated heterocycles. The van der Waals surface area contributed by atoms with E-state index in [9.17, 15) is 0 Å². The van der Waals surface area contributed by atoms with Gasteiger partial charge in [0.05, 0.1) is 11.6 Å². The van der Waals surface area contributed by atoms with Crippen molar-refractivity contribution in [1.29, 1.82) is 5.26 Å². The first kappa shape index (κ1) is 11.9. The quantitative estimate of drug-likeness (QED) is 0.891. The molecule has 1 aromatic carbocycles. The first-order valence-electron chi connectivity index (χ1n) is 6.53. The number of rotatable bonds is 2. The number of aromatic nitrogens is 1. The van der Waals surface area contributed by atoms with E-state index in [1.807, 2.05) is 18.2 Å². The van der Waals surface area contributed by atoms with Crippen LogP contribution < -0.4 is 10.1 Å². The van der Waals surface area contributed by atoms with Crippen LogP contribution >= 0.6 is 0 Å². The van der Waals surface area contributed by atoms with Gasteiger partial charge in [0.25, 0.3) is 0 Å². The molecule has 0 radical (unpaired) electrons. The van der Waals surface area contributed by atoms with Gasteiger partial charge in [-0.25, -0.2) is 4.98 Å². The molecule has 0 saturated carbocycles. The smallest absolute Gasteiger partial charge is 0.221 e. The molecular formula is C15H15N3O. The van der Waals surface area contributed by atoms with Crippen LogP contribution in [0.1, 0.15) is 18.4 Å². The van der Waals surface area contributed by atoms with Crippen LogP contribution in [0.4, 0.5) is 0 Å². The van der Waals surface area contributed by atoms with Crippen LogP contribution in [0.3, 0.4) is 0 Å². The SMILES string of the molecule is N#Cc1ccc2c(OC3CCNCC3)nccc2c1. The van der Waals surface area contributed by atoms with Crippen LogP contribution in [-0.2, 0) is 0 Å². The van der Waals surface area contributed by atoms with Gasteiger partial charge in [0.15, 0.2) is 0 Å². The lowest BCUT2D eigenvalue weighted by molar-refractivity contribution is 0.158. The summed E-state index contributed by atoms with van der Waals surface area (Å²) < 4.78 is 6.01. The van der Waals surface area contributed by atoms with E-state index in [1.54, 1.807) is 12.3 Å². The summed E-state index contributed by atoms with van der Waals surface area (Å²) in [5.74, 6) is 0.675. The van der Waals surface area contributed by atoms with Crippen molar-refractivity contribution in [2.24, 2.45) is 0 Å². The molecule has 19 heavy (non-hydrogen) atoms. The highest BCUT2D eigenvalue weighted by atomic mass is 16.5. The van der Waals surface area contributed by atoms with Gasteiger partial charge in [0.1, 0.15) is 6.10 Å². The minimum Gasteiger partial charge on any atom is -0.474 e. The Kier molecular flexibility index (Phi) is 3.30. The second-order valence-electron chi connectivity index (χ2n) is 4.73. The van der Waals surface area contributed by atoms with Crippen molar-refractivity contribution < 1.29 is 4.74 Å². The van der Waals surface area contributed by atoms with Gasteiger partial charge in [-0.15, -0.1) is 0 Å². The van der Waals surface area contributed by atoms with Crippen LogP contribution in [0.2, 0.25) is 0 Å². The number of nitrogens with one attached hydrogen (secondary N) is 1. The second-order valence-corrected chi connectivity index (χ2v) is 4.73. The van der Waals surface area contributed by atoms with Gasteiger partial charge < -0.3 is 10.1 Å². The molecule has 0 aliphatic carbocycles. The fourth-order valence-corrected chi connectivity index (χ4v) is 2.38. The molecule has 0 atom stereocenters. The number of nitrogens with zero attached hydrogens (tertiary/aromatic N) is 2. The maximum Gasteiger partial charge on any atom is 0.221 e. The van der Waals surface area contributed by atoms with E-state index in [0.29, 0.717) is 11.4 Å². The van der Waals surface area contributed by atoms with Crippen molar-refractivity contribution in [1.82, 2.24) is 10.3 Å². The highest BCUT2D eigenvalue weighted by Gasteiger charge is 2.16. The fraction of sp³-hybridized carbons (Fsp3) is 0.333. The molecule has 0 bridgehead atoms. The van der Waals surface area contributed by atoms with Gasteiger partial charge in [-0.05, 0) is 55.6 Å². The van der Waals surface area contributed by atoms with Gasteiger partial charge in [0, 0.05) is 11.6 Å². The van der Waals surface area contributed by atoms with Crippen molar-refractivity contribution in [2.45, 2.75) is 18.9 Å². The summed E-state index contributed by atoms with van der Waals surface area (Å²) in [6, 6.07) is 9.64. The van der Waals surface area contributed by atoms with Crippen molar-refractivity contribution in [3.8, 4) is 11.9 Å². The number of benzene rings is 1. The lowest BCUT2D eigenvalue weighted by Crippen LogP contribution is -2.34. The molecule has 1 aliphatic rings. The molecule has 2 heterocycles. The Balaban J connectivity index is 1.92. The summed E-state index contributed by atoms with van der Waals surface area (Å²) in [5, 5.41) is 14.2. The van der Waals surface area contributed by atoms with Gasteiger partial charge in [-0.2, -0.15) is 5.26 Å². The highest BCUT2D eigenvalue weighted by Crippen LogP contribution is 2.25. The number of piperidine rings is 1. The Labute approximate surface area is 112 Å². The standard InChI is InChI=1S/C15H15N3O/c16-10-11-1-2-14-12(9-11)3-8-18-15(14)19-13-4-6-17-7-5-13/h1-3,8-9,13,17H,4-7H2. The average Bonchev–Trinajstić information content (AvgIpc) is 2.48. The van der Waals surface area contributed by atoms with Crippen molar-refractivity contribution in [3.63, 3.8) is 0 Å². The van der Waals surface area contributed by atoms with E-state index in [2.05, 4.69) is 16.4 Å². The van der Waals surface area contributed by atoms with Gasteiger partial charge in [-0.3, -0.25) is 0 Å². The minimum absolute atomic E-state index is 0.231. The summed E-state index contributed by atoms with van der Waals surface area (Å²) in [7, 11) is 0. The Morgan fingerprint density at radius 2 is 2.11 bits per heavy atom. The third-order valence-corrected chi connectivity index (χ3v) is 3.42. The highest BCUT2D eigenvalue weighted by molar-refractivity contribution is 5.87. The molecule has 1 aromatic heterocycles. The van der Waals surface area contributed by atoms with E-state index in [4.69, 9.17) is 10.00 Å². The number of ether oxygens (including phenoxy) is 1. The summed E-state index contributed by atoms with van der Waals surface area (Å²) >= 11 is 0. The van der Waals surface area contributed by atoms with Crippen LogP contribution in [0.5, 0.6) is 5.88 Å². The number of pyridine rings is 1. The van der Waals surface area contributed by atoms with E-state index in [1.165, 1.54) is 0 Å². The summed E-state index contributed by atoms with van der Waals surface area (Å²) in [6.45, 7) is 1.99.